The average molecular weight is 191 g/mol. The van der Waals surface area contributed by atoms with E-state index in [-0.39, 0.29) is 35.6 Å². The summed E-state index contributed by atoms with van der Waals surface area (Å²) in [6.45, 7) is 0. The van der Waals surface area contributed by atoms with E-state index >= 15 is 0 Å². The lowest BCUT2D eigenvalue weighted by atomic mass is 9.76. The topological polar surface area (TPSA) is 67.2 Å². The fraction of sp³-hybridized carbons (Fsp3) is 0.700. The Morgan fingerprint density at radius 2 is 1.93 bits per heavy atom. The van der Waals surface area contributed by atoms with Crippen LogP contribution in [0, 0.1) is 40.9 Å². The van der Waals surface area contributed by atoms with E-state index in [1.807, 2.05) is 0 Å². The van der Waals surface area contributed by atoms with E-state index in [0.29, 0.717) is 0 Å². The number of rotatable bonds is 0. The molecule has 0 amide bonds. The Morgan fingerprint density at radius 3 is 2.64 bits per heavy atom. The van der Waals surface area contributed by atoms with Gasteiger partial charge in [0.15, 0.2) is 0 Å². The lowest BCUT2D eigenvalue weighted by Gasteiger charge is -2.22. The van der Waals surface area contributed by atoms with Crippen LogP contribution < -0.4 is 0 Å². The van der Waals surface area contributed by atoms with Crippen LogP contribution in [0.25, 0.3) is 0 Å². The van der Waals surface area contributed by atoms with Crippen molar-refractivity contribution in [1.29, 1.82) is 5.26 Å². The van der Waals surface area contributed by atoms with Gasteiger partial charge < -0.3 is 4.74 Å². The average Bonchev–Trinajstić information content (AvgIpc) is 2.78. The van der Waals surface area contributed by atoms with E-state index in [1.54, 1.807) is 0 Å². The van der Waals surface area contributed by atoms with Crippen molar-refractivity contribution in [2.24, 2.45) is 29.6 Å². The first-order valence-electron chi connectivity index (χ1n) is 4.87. The summed E-state index contributed by atoms with van der Waals surface area (Å²) in [4.78, 5) is 22.7. The summed E-state index contributed by atoms with van der Waals surface area (Å²) >= 11 is 0. The first-order valence-corrected chi connectivity index (χ1v) is 4.87. The third kappa shape index (κ3) is 0.735. The van der Waals surface area contributed by atoms with Crippen LogP contribution in [0.3, 0.4) is 0 Å². The predicted octanol–water partition coefficient (Wildman–Crippen LogP) is 0.482. The number of nitrogens with zero attached hydrogens (tertiary/aromatic N) is 1. The number of cyclic esters (lactones) is 2. The van der Waals surface area contributed by atoms with Gasteiger partial charge >= 0.3 is 11.9 Å². The summed E-state index contributed by atoms with van der Waals surface area (Å²) in [6, 6.07) is 2.22. The van der Waals surface area contributed by atoms with Gasteiger partial charge in [-0.15, -0.1) is 0 Å². The molecule has 0 N–H and O–H groups in total. The van der Waals surface area contributed by atoms with Crippen molar-refractivity contribution >= 4 is 11.9 Å². The summed E-state index contributed by atoms with van der Waals surface area (Å²) in [5.41, 5.74) is 0. The first-order chi connectivity index (χ1) is 6.72. The van der Waals surface area contributed by atoms with Crippen molar-refractivity contribution in [2.45, 2.75) is 12.8 Å². The SMILES string of the molecule is N#CC1CC2CC1C1C(=O)OC(=O)C21. The molecule has 3 fully saturated rings. The lowest BCUT2D eigenvalue weighted by Crippen LogP contribution is -2.29. The standard InChI is InChI=1S/C10H9NO3/c11-3-5-1-4-2-6(5)8-7(4)9(12)14-10(8)13/h4-8H,1-2H2. The molecular formula is C10H9NO3. The van der Waals surface area contributed by atoms with Gasteiger partial charge in [0, 0.05) is 0 Å². The Labute approximate surface area is 80.8 Å². The molecule has 1 heterocycles. The number of fused-ring (bicyclic) bond motifs is 5. The van der Waals surface area contributed by atoms with Crippen LogP contribution in [0.4, 0.5) is 0 Å². The van der Waals surface area contributed by atoms with Crippen molar-refractivity contribution in [3.8, 4) is 6.07 Å². The van der Waals surface area contributed by atoms with Crippen molar-refractivity contribution in [1.82, 2.24) is 0 Å². The van der Waals surface area contributed by atoms with Gasteiger partial charge in [-0.1, -0.05) is 0 Å². The minimum atomic E-state index is -0.396. The third-order valence-corrected chi connectivity index (χ3v) is 3.92. The van der Waals surface area contributed by atoms with Gasteiger partial charge in [-0.3, -0.25) is 9.59 Å². The molecule has 4 nitrogen and oxygen atoms in total. The Bertz CT molecular complexity index is 370. The van der Waals surface area contributed by atoms with Crippen LogP contribution in [-0.2, 0) is 14.3 Å². The van der Waals surface area contributed by atoms with Crippen molar-refractivity contribution in [2.75, 3.05) is 0 Å². The second-order valence-corrected chi connectivity index (χ2v) is 4.42. The molecule has 2 saturated carbocycles. The minimum absolute atomic E-state index is 0.0419. The van der Waals surface area contributed by atoms with Crippen LogP contribution >= 0.6 is 0 Å². The van der Waals surface area contributed by atoms with E-state index in [1.165, 1.54) is 0 Å². The summed E-state index contributed by atoms with van der Waals surface area (Å²) < 4.78 is 4.61. The second kappa shape index (κ2) is 2.35. The zero-order valence-electron chi connectivity index (χ0n) is 7.47. The third-order valence-electron chi connectivity index (χ3n) is 3.92. The molecule has 0 aromatic carbocycles. The van der Waals surface area contributed by atoms with E-state index < -0.39 is 5.97 Å². The number of nitriles is 1. The molecule has 0 aromatic heterocycles. The largest absolute Gasteiger partial charge is 0.393 e. The predicted molar refractivity (Wildman–Crippen MR) is 43.4 cm³/mol. The molecule has 1 saturated heterocycles. The number of carbonyl (C=O) groups excluding carboxylic acids is 2. The molecule has 2 aliphatic carbocycles. The molecule has 14 heavy (non-hydrogen) atoms. The molecule has 5 unspecified atom stereocenters. The maximum Gasteiger partial charge on any atom is 0.317 e. The van der Waals surface area contributed by atoms with Gasteiger partial charge in [0.25, 0.3) is 0 Å². The zero-order valence-corrected chi connectivity index (χ0v) is 7.47. The molecule has 0 radical (unpaired) electrons. The summed E-state index contributed by atoms with van der Waals surface area (Å²) in [7, 11) is 0. The van der Waals surface area contributed by atoms with Gasteiger partial charge in [-0.2, -0.15) is 5.26 Å². The zero-order chi connectivity index (χ0) is 9.87. The van der Waals surface area contributed by atoms with Crippen molar-refractivity contribution in [3.05, 3.63) is 0 Å². The highest BCUT2D eigenvalue weighted by molar-refractivity contribution is 5.97. The molecule has 0 spiro atoms. The van der Waals surface area contributed by atoms with Crippen LogP contribution in [0.15, 0.2) is 0 Å². The van der Waals surface area contributed by atoms with Gasteiger partial charge in [-0.05, 0) is 24.7 Å². The highest BCUT2D eigenvalue weighted by Crippen LogP contribution is 2.57. The summed E-state index contributed by atoms with van der Waals surface area (Å²) in [6.07, 6.45) is 1.62. The molecule has 1 aliphatic heterocycles. The molecule has 3 rings (SSSR count). The fourth-order valence-electron chi connectivity index (χ4n) is 3.40. The second-order valence-electron chi connectivity index (χ2n) is 4.42. The Morgan fingerprint density at radius 1 is 1.21 bits per heavy atom. The lowest BCUT2D eigenvalue weighted by molar-refractivity contribution is -0.154. The highest BCUT2D eigenvalue weighted by atomic mass is 16.6. The molecule has 5 atom stereocenters. The first kappa shape index (κ1) is 7.98. The molecular weight excluding hydrogens is 182 g/mol. The van der Waals surface area contributed by atoms with E-state index in [9.17, 15) is 9.59 Å². The molecule has 0 aromatic rings. The maximum absolute atomic E-state index is 11.4. The molecule has 3 aliphatic rings. The number of ether oxygens (including phenoxy) is 1. The Balaban J connectivity index is 1.99. The number of hydrogen-bond donors (Lipinski definition) is 0. The minimum Gasteiger partial charge on any atom is -0.393 e. The van der Waals surface area contributed by atoms with Gasteiger partial charge in [0.1, 0.15) is 0 Å². The van der Waals surface area contributed by atoms with Crippen LogP contribution in [-0.4, -0.2) is 11.9 Å². The molecule has 72 valence electrons. The Kier molecular flexibility index (Phi) is 1.34. The normalized spacial score (nSPS) is 48.9. The number of esters is 2. The Hall–Kier alpha value is -1.37. The van der Waals surface area contributed by atoms with Crippen molar-refractivity contribution < 1.29 is 14.3 Å². The summed E-state index contributed by atoms with van der Waals surface area (Å²) in [5.74, 6) is -1.03. The highest BCUT2D eigenvalue weighted by Gasteiger charge is 2.63. The van der Waals surface area contributed by atoms with Crippen molar-refractivity contribution in [3.63, 3.8) is 0 Å². The maximum atomic E-state index is 11.4. The molecule has 2 bridgehead atoms. The van der Waals surface area contributed by atoms with Crippen LogP contribution in [0.5, 0.6) is 0 Å². The van der Waals surface area contributed by atoms with Gasteiger partial charge in [0.05, 0.1) is 23.8 Å². The fourth-order valence-corrected chi connectivity index (χ4v) is 3.40. The summed E-state index contributed by atoms with van der Waals surface area (Å²) in [5, 5.41) is 8.87. The van der Waals surface area contributed by atoms with Gasteiger partial charge in [-0.25, -0.2) is 0 Å². The smallest absolute Gasteiger partial charge is 0.317 e. The van der Waals surface area contributed by atoms with Crippen LogP contribution in [0.2, 0.25) is 0 Å². The van der Waals surface area contributed by atoms with E-state index in [4.69, 9.17) is 5.26 Å². The van der Waals surface area contributed by atoms with Crippen LogP contribution in [0.1, 0.15) is 12.8 Å². The number of carbonyl (C=O) groups is 2. The molecule has 4 heteroatoms. The number of hydrogen-bond acceptors (Lipinski definition) is 4. The van der Waals surface area contributed by atoms with E-state index in [2.05, 4.69) is 10.8 Å². The van der Waals surface area contributed by atoms with Gasteiger partial charge in [0.2, 0.25) is 0 Å². The quantitative estimate of drug-likeness (QED) is 0.412. The monoisotopic (exact) mass is 191 g/mol. The van der Waals surface area contributed by atoms with E-state index in [0.717, 1.165) is 12.8 Å².